The highest BCUT2D eigenvalue weighted by molar-refractivity contribution is 5.91. The summed E-state index contributed by atoms with van der Waals surface area (Å²) in [6, 6.07) is 21.5. The summed E-state index contributed by atoms with van der Waals surface area (Å²) in [5.41, 5.74) is 8.38. The Balaban J connectivity index is 1.60. The second-order valence-corrected chi connectivity index (χ2v) is 7.89. The highest BCUT2D eigenvalue weighted by atomic mass is 16.5. The smallest absolute Gasteiger partial charge is 0.343 e. The average Bonchev–Trinajstić information content (AvgIpc) is 2.87. The molecule has 7 nitrogen and oxygen atoms in total. The molecule has 178 valence electrons. The molecule has 0 aliphatic carbocycles. The van der Waals surface area contributed by atoms with Gasteiger partial charge in [-0.3, -0.25) is 0 Å². The van der Waals surface area contributed by atoms with Gasteiger partial charge in [-0.15, -0.1) is 0 Å². The largest absolute Gasteiger partial charge is 0.494 e. The van der Waals surface area contributed by atoms with E-state index in [0.717, 1.165) is 17.5 Å². The van der Waals surface area contributed by atoms with E-state index in [9.17, 15) is 10.1 Å². The van der Waals surface area contributed by atoms with Gasteiger partial charge >= 0.3 is 5.97 Å². The third-order valence-electron chi connectivity index (χ3n) is 5.47. The van der Waals surface area contributed by atoms with E-state index < -0.39 is 11.9 Å². The van der Waals surface area contributed by atoms with E-state index in [1.54, 1.807) is 42.5 Å². The monoisotopic (exact) mass is 470 g/mol. The predicted molar refractivity (Wildman–Crippen MR) is 131 cm³/mol. The molecule has 7 heteroatoms. The molecule has 0 amide bonds. The Bertz CT molecular complexity index is 1290. The van der Waals surface area contributed by atoms with Gasteiger partial charge in [-0.05, 0) is 61.4 Å². The Morgan fingerprint density at radius 1 is 1.00 bits per heavy atom. The van der Waals surface area contributed by atoms with Crippen LogP contribution in [0.2, 0.25) is 0 Å². The van der Waals surface area contributed by atoms with Gasteiger partial charge in [0.1, 0.15) is 34.6 Å². The van der Waals surface area contributed by atoms with Crippen molar-refractivity contribution in [1.29, 1.82) is 5.26 Å². The molecular weight excluding hydrogens is 444 g/mol. The van der Waals surface area contributed by atoms with Gasteiger partial charge in [0.2, 0.25) is 5.88 Å². The number of hydrogen-bond donors (Lipinski definition) is 1. The molecule has 35 heavy (non-hydrogen) atoms. The van der Waals surface area contributed by atoms with E-state index in [4.69, 9.17) is 24.7 Å². The van der Waals surface area contributed by atoms with Gasteiger partial charge in [-0.2, -0.15) is 5.26 Å². The van der Waals surface area contributed by atoms with Gasteiger partial charge in [-0.1, -0.05) is 25.1 Å². The molecule has 4 rings (SSSR count). The molecule has 0 fully saturated rings. The van der Waals surface area contributed by atoms with Crippen LogP contribution in [0, 0.1) is 11.3 Å². The van der Waals surface area contributed by atoms with Crippen molar-refractivity contribution < 1.29 is 23.7 Å². The molecule has 2 N–H and O–H groups in total. The van der Waals surface area contributed by atoms with Crippen LogP contribution in [0.5, 0.6) is 23.0 Å². The first kappa shape index (κ1) is 23.7. The number of ether oxygens (including phenoxy) is 4. The minimum atomic E-state index is -0.509. The number of nitriles is 1. The minimum absolute atomic E-state index is 0.0120. The standard InChI is InChI=1S/C28H26N2O5/c1-3-14-33-20-10-8-18(9-11-20)28(31)34-22-12-13-23-25(16-22)35-27(30)24(17-29)26(23)19-6-5-7-21(15-19)32-4-2/h5-13,15-16,26H,3-4,14,30H2,1-2H3. The zero-order valence-corrected chi connectivity index (χ0v) is 19.6. The third kappa shape index (κ3) is 5.22. The Hall–Kier alpha value is -4.44. The second kappa shape index (κ2) is 10.7. The topological polar surface area (TPSA) is 104 Å². The maximum atomic E-state index is 12.7. The fourth-order valence-corrected chi connectivity index (χ4v) is 3.87. The molecule has 0 aromatic heterocycles. The lowest BCUT2D eigenvalue weighted by Gasteiger charge is -2.27. The highest BCUT2D eigenvalue weighted by Gasteiger charge is 2.31. The van der Waals surface area contributed by atoms with Crippen molar-refractivity contribution in [3.8, 4) is 29.1 Å². The molecule has 1 atom stereocenters. The Morgan fingerprint density at radius 2 is 1.77 bits per heavy atom. The maximum Gasteiger partial charge on any atom is 0.343 e. The van der Waals surface area contributed by atoms with Crippen LogP contribution in [-0.2, 0) is 0 Å². The number of fused-ring (bicyclic) bond motifs is 1. The lowest BCUT2D eigenvalue weighted by atomic mass is 9.83. The van der Waals surface area contributed by atoms with Crippen LogP contribution in [0.4, 0.5) is 0 Å². The second-order valence-electron chi connectivity index (χ2n) is 7.89. The zero-order valence-electron chi connectivity index (χ0n) is 19.6. The Labute approximate surface area is 204 Å². The van der Waals surface area contributed by atoms with E-state index in [1.165, 1.54) is 0 Å². The highest BCUT2D eigenvalue weighted by Crippen LogP contribution is 2.44. The van der Waals surface area contributed by atoms with Crippen LogP contribution >= 0.6 is 0 Å². The van der Waals surface area contributed by atoms with Crippen LogP contribution < -0.4 is 24.7 Å². The number of benzene rings is 3. The third-order valence-corrected chi connectivity index (χ3v) is 5.47. The molecule has 3 aromatic carbocycles. The first-order valence-corrected chi connectivity index (χ1v) is 11.4. The quantitative estimate of drug-likeness (QED) is 0.351. The van der Waals surface area contributed by atoms with Crippen LogP contribution in [0.3, 0.4) is 0 Å². The number of rotatable bonds is 8. The summed E-state index contributed by atoms with van der Waals surface area (Å²) < 4.78 is 22.5. The number of nitrogens with zero attached hydrogens (tertiary/aromatic N) is 1. The molecule has 0 saturated carbocycles. The number of allylic oxidation sites excluding steroid dienone is 1. The normalized spacial score (nSPS) is 14.4. The van der Waals surface area contributed by atoms with Crippen molar-refractivity contribution >= 4 is 5.97 Å². The minimum Gasteiger partial charge on any atom is -0.494 e. The number of carbonyl (C=O) groups excluding carboxylic acids is 1. The van der Waals surface area contributed by atoms with Gasteiger partial charge < -0.3 is 24.7 Å². The van der Waals surface area contributed by atoms with Gasteiger partial charge in [0.05, 0.1) is 24.7 Å². The molecule has 0 bridgehead atoms. The first-order chi connectivity index (χ1) is 17.0. The lowest BCUT2D eigenvalue weighted by Crippen LogP contribution is -2.21. The molecule has 1 unspecified atom stereocenters. The summed E-state index contributed by atoms with van der Waals surface area (Å²) in [4.78, 5) is 12.7. The van der Waals surface area contributed by atoms with Gasteiger partial charge in [0, 0.05) is 11.6 Å². The molecule has 0 spiro atoms. The Morgan fingerprint density at radius 3 is 2.49 bits per heavy atom. The number of nitrogens with two attached hydrogens (primary N) is 1. The summed E-state index contributed by atoms with van der Waals surface area (Å²) in [7, 11) is 0. The summed E-state index contributed by atoms with van der Waals surface area (Å²) in [5, 5.41) is 9.78. The molecule has 1 heterocycles. The van der Waals surface area contributed by atoms with Crippen LogP contribution in [0.25, 0.3) is 0 Å². The van der Waals surface area contributed by atoms with Crippen LogP contribution in [0.1, 0.15) is 47.7 Å². The summed E-state index contributed by atoms with van der Waals surface area (Å²) in [6.45, 7) is 5.08. The van der Waals surface area contributed by atoms with Crippen molar-refractivity contribution in [1.82, 2.24) is 0 Å². The number of hydrogen-bond acceptors (Lipinski definition) is 7. The Kier molecular flexibility index (Phi) is 7.22. The van der Waals surface area contributed by atoms with Gasteiger partial charge in [-0.25, -0.2) is 4.79 Å². The van der Waals surface area contributed by atoms with Crippen LogP contribution in [0.15, 0.2) is 78.2 Å². The van der Waals surface area contributed by atoms with Crippen molar-refractivity contribution in [3.05, 3.63) is 94.9 Å². The van der Waals surface area contributed by atoms with Gasteiger partial charge in [0.15, 0.2) is 0 Å². The van der Waals surface area contributed by atoms with Gasteiger partial charge in [0.25, 0.3) is 0 Å². The molecule has 3 aromatic rings. The molecule has 1 aliphatic rings. The number of carbonyl (C=O) groups is 1. The maximum absolute atomic E-state index is 12.7. The first-order valence-electron chi connectivity index (χ1n) is 11.4. The van der Waals surface area contributed by atoms with Crippen molar-refractivity contribution in [2.24, 2.45) is 5.73 Å². The number of esters is 1. The molecule has 0 radical (unpaired) electrons. The summed E-state index contributed by atoms with van der Waals surface area (Å²) in [6.07, 6.45) is 0.901. The van der Waals surface area contributed by atoms with Crippen molar-refractivity contribution in [2.45, 2.75) is 26.2 Å². The fraction of sp³-hybridized carbons (Fsp3) is 0.214. The molecular formula is C28H26N2O5. The van der Waals surface area contributed by atoms with Crippen LogP contribution in [-0.4, -0.2) is 19.2 Å². The summed E-state index contributed by atoms with van der Waals surface area (Å²) >= 11 is 0. The van der Waals surface area contributed by atoms with E-state index in [-0.39, 0.29) is 5.88 Å². The van der Waals surface area contributed by atoms with Crippen molar-refractivity contribution in [3.63, 3.8) is 0 Å². The van der Waals surface area contributed by atoms with E-state index in [2.05, 4.69) is 6.07 Å². The van der Waals surface area contributed by atoms with E-state index in [1.807, 2.05) is 38.1 Å². The predicted octanol–water partition coefficient (Wildman–Crippen LogP) is 5.31. The van der Waals surface area contributed by atoms with Crippen molar-refractivity contribution in [2.75, 3.05) is 13.2 Å². The lowest BCUT2D eigenvalue weighted by molar-refractivity contribution is 0.0734. The van der Waals surface area contributed by atoms with E-state index in [0.29, 0.717) is 47.3 Å². The molecule has 1 aliphatic heterocycles. The zero-order chi connectivity index (χ0) is 24.8. The van der Waals surface area contributed by atoms with E-state index >= 15 is 0 Å². The summed E-state index contributed by atoms with van der Waals surface area (Å²) in [5.74, 6) is 1.18. The SMILES string of the molecule is CCCOc1ccc(C(=O)Oc2ccc3c(c2)OC(N)=C(C#N)C3c2cccc(OCC)c2)cc1. The fourth-order valence-electron chi connectivity index (χ4n) is 3.87. The molecule has 0 saturated heterocycles. The average molecular weight is 471 g/mol.